The molecule has 1 saturated heterocycles. The number of nitrogens with zero attached hydrogens (tertiary/aromatic N) is 1. The van der Waals surface area contributed by atoms with Gasteiger partial charge in [-0.2, -0.15) is 0 Å². The molecule has 1 aliphatic heterocycles. The summed E-state index contributed by atoms with van der Waals surface area (Å²) in [7, 11) is -3.76. The molecule has 1 fully saturated rings. The monoisotopic (exact) mass is 357 g/mol. The van der Waals surface area contributed by atoms with E-state index in [0.29, 0.717) is 6.42 Å². The third-order valence-electron chi connectivity index (χ3n) is 4.58. The van der Waals surface area contributed by atoms with Crippen LogP contribution in [0.1, 0.15) is 39.2 Å². The van der Waals surface area contributed by atoms with Gasteiger partial charge in [-0.25, -0.2) is 12.8 Å². The second-order valence-electron chi connectivity index (χ2n) is 6.49. The summed E-state index contributed by atoms with van der Waals surface area (Å²) in [4.78, 5) is 10.3. The quantitative estimate of drug-likeness (QED) is 0.635. The highest BCUT2D eigenvalue weighted by molar-refractivity contribution is 7.93. The highest BCUT2D eigenvalue weighted by atomic mass is 32.2. The van der Waals surface area contributed by atoms with Crippen LogP contribution in [0, 0.1) is 21.3 Å². The maximum Gasteiger partial charge on any atom is 0.269 e. The van der Waals surface area contributed by atoms with E-state index in [1.807, 2.05) is 6.92 Å². The highest BCUT2D eigenvalue weighted by Gasteiger charge is 2.53. The van der Waals surface area contributed by atoms with Crippen LogP contribution in [0.2, 0.25) is 0 Å². The Balaban J connectivity index is 2.56. The standard InChI is InChI=1S/C15H20FN3O4S/c1-4-7-15(3)13(17)18-14(2,9-24(15,22)23)11-8-10(19(20)21)5-6-12(11)16/h5-6,8H,4,7,9H2,1-3H3,(H2,17,18)/t14-,15+/m0/s1. The fourth-order valence-electron chi connectivity index (χ4n) is 3.09. The predicted molar refractivity (Wildman–Crippen MR) is 88.4 cm³/mol. The van der Waals surface area contributed by atoms with Gasteiger partial charge in [0.2, 0.25) is 0 Å². The zero-order valence-corrected chi connectivity index (χ0v) is 14.5. The van der Waals surface area contributed by atoms with Gasteiger partial charge in [0.1, 0.15) is 16.4 Å². The van der Waals surface area contributed by atoms with Gasteiger partial charge in [-0.1, -0.05) is 13.3 Å². The third-order valence-corrected chi connectivity index (χ3v) is 7.32. The van der Waals surface area contributed by atoms with Crippen molar-refractivity contribution in [1.29, 1.82) is 5.41 Å². The summed E-state index contributed by atoms with van der Waals surface area (Å²) >= 11 is 0. The number of nitrogens with one attached hydrogen (secondary N) is 2. The molecule has 0 spiro atoms. The van der Waals surface area contributed by atoms with E-state index < -0.39 is 36.6 Å². The van der Waals surface area contributed by atoms with E-state index >= 15 is 0 Å². The zero-order chi connectivity index (χ0) is 18.3. The molecule has 0 aliphatic carbocycles. The van der Waals surface area contributed by atoms with E-state index in [4.69, 9.17) is 5.41 Å². The fourth-order valence-corrected chi connectivity index (χ4v) is 5.27. The van der Waals surface area contributed by atoms with Crippen LogP contribution >= 0.6 is 0 Å². The van der Waals surface area contributed by atoms with E-state index in [1.54, 1.807) is 0 Å². The van der Waals surface area contributed by atoms with Crippen LogP contribution in [0.15, 0.2) is 18.2 Å². The number of nitro groups is 1. The van der Waals surface area contributed by atoms with E-state index in [1.165, 1.54) is 13.8 Å². The van der Waals surface area contributed by atoms with Gasteiger partial charge in [0.25, 0.3) is 5.69 Å². The Bertz CT molecular complexity index is 811. The Labute approximate surface area is 139 Å². The average molecular weight is 357 g/mol. The number of halogens is 1. The van der Waals surface area contributed by atoms with E-state index in [-0.39, 0.29) is 23.5 Å². The lowest BCUT2D eigenvalue weighted by Crippen LogP contribution is -2.65. The summed E-state index contributed by atoms with van der Waals surface area (Å²) in [5.41, 5.74) is -1.91. The minimum Gasteiger partial charge on any atom is -0.362 e. The Morgan fingerprint density at radius 2 is 2.04 bits per heavy atom. The van der Waals surface area contributed by atoms with Crippen LogP contribution in [-0.4, -0.2) is 29.7 Å². The largest absolute Gasteiger partial charge is 0.362 e. The summed E-state index contributed by atoms with van der Waals surface area (Å²) in [6.07, 6.45) is 0.844. The summed E-state index contributed by atoms with van der Waals surface area (Å²) in [6, 6.07) is 2.98. The maximum absolute atomic E-state index is 14.3. The second kappa shape index (κ2) is 5.80. The molecule has 24 heavy (non-hydrogen) atoms. The topological polar surface area (TPSA) is 113 Å². The summed E-state index contributed by atoms with van der Waals surface area (Å²) < 4.78 is 38.5. The molecule has 2 rings (SSSR count). The van der Waals surface area contributed by atoms with Gasteiger partial charge in [0.15, 0.2) is 9.84 Å². The molecular formula is C15H20FN3O4S. The maximum atomic E-state index is 14.3. The molecular weight excluding hydrogens is 337 g/mol. The van der Waals surface area contributed by atoms with Gasteiger partial charge in [-0.05, 0) is 26.3 Å². The van der Waals surface area contributed by atoms with Crippen molar-refractivity contribution in [3.8, 4) is 0 Å². The first kappa shape index (κ1) is 18.3. The SMILES string of the molecule is CCC[C@]1(C)C(=N)N[C@](C)(c2cc([N+](=O)[O-])ccc2F)CS1(=O)=O. The van der Waals surface area contributed by atoms with Crippen molar-refractivity contribution >= 4 is 21.4 Å². The molecule has 0 unspecified atom stereocenters. The van der Waals surface area contributed by atoms with Gasteiger partial charge in [-0.3, -0.25) is 15.5 Å². The Hall–Kier alpha value is -2.03. The molecule has 0 bridgehead atoms. The second-order valence-corrected chi connectivity index (χ2v) is 8.91. The molecule has 2 N–H and O–H groups in total. The van der Waals surface area contributed by atoms with Crippen molar-refractivity contribution in [2.45, 2.75) is 43.9 Å². The van der Waals surface area contributed by atoms with Crippen molar-refractivity contribution in [3.63, 3.8) is 0 Å². The van der Waals surface area contributed by atoms with Crippen LogP contribution in [0.4, 0.5) is 10.1 Å². The number of nitro benzene ring substituents is 1. The Morgan fingerprint density at radius 1 is 1.42 bits per heavy atom. The summed E-state index contributed by atoms with van der Waals surface area (Å²) in [5.74, 6) is -1.42. The molecule has 1 aliphatic rings. The number of non-ortho nitro benzene ring substituents is 1. The smallest absolute Gasteiger partial charge is 0.269 e. The minimum atomic E-state index is -3.76. The van der Waals surface area contributed by atoms with Crippen LogP contribution in [0.5, 0.6) is 0 Å². The van der Waals surface area contributed by atoms with Crippen LogP contribution in [0.3, 0.4) is 0 Å². The predicted octanol–water partition coefficient (Wildman–Crippen LogP) is 2.50. The van der Waals surface area contributed by atoms with Crippen LogP contribution in [0.25, 0.3) is 0 Å². The van der Waals surface area contributed by atoms with Crippen molar-refractivity contribution in [3.05, 3.63) is 39.7 Å². The number of rotatable bonds is 4. The third kappa shape index (κ3) is 2.77. The fraction of sp³-hybridized carbons (Fsp3) is 0.533. The number of benzene rings is 1. The lowest BCUT2D eigenvalue weighted by molar-refractivity contribution is -0.385. The normalized spacial score (nSPS) is 29.1. The highest BCUT2D eigenvalue weighted by Crippen LogP contribution is 2.38. The Kier molecular flexibility index (Phi) is 4.43. The molecule has 1 heterocycles. The van der Waals surface area contributed by atoms with E-state index in [2.05, 4.69) is 5.32 Å². The van der Waals surface area contributed by atoms with Gasteiger partial charge in [0, 0.05) is 17.7 Å². The minimum absolute atomic E-state index is 0.136. The van der Waals surface area contributed by atoms with Crippen molar-refractivity contribution < 1.29 is 17.7 Å². The lowest BCUT2D eigenvalue weighted by atomic mass is 9.90. The average Bonchev–Trinajstić information content (AvgIpc) is 2.45. The summed E-state index contributed by atoms with van der Waals surface area (Å²) in [5, 5.41) is 21.9. The first-order valence-electron chi connectivity index (χ1n) is 7.51. The molecule has 1 aromatic carbocycles. The van der Waals surface area contributed by atoms with Gasteiger partial charge >= 0.3 is 0 Å². The molecule has 0 aromatic heterocycles. The molecule has 9 heteroatoms. The first-order chi connectivity index (χ1) is 11.0. The number of hydrogen-bond donors (Lipinski definition) is 2. The molecule has 0 saturated carbocycles. The first-order valence-corrected chi connectivity index (χ1v) is 9.16. The van der Waals surface area contributed by atoms with Gasteiger partial charge in [-0.15, -0.1) is 0 Å². The molecule has 7 nitrogen and oxygen atoms in total. The number of hydrogen-bond acceptors (Lipinski definition) is 5. The van der Waals surface area contributed by atoms with Gasteiger partial charge < -0.3 is 5.32 Å². The van der Waals surface area contributed by atoms with Crippen LogP contribution in [-0.2, 0) is 15.4 Å². The molecule has 2 atom stereocenters. The molecule has 132 valence electrons. The molecule has 1 aromatic rings. The van der Waals surface area contributed by atoms with Crippen molar-refractivity contribution in [1.82, 2.24) is 5.32 Å². The van der Waals surface area contributed by atoms with Gasteiger partial charge in [0.05, 0.1) is 16.2 Å². The number of sulfone groups is 1. The molecule has 0 radical (unpaired) electrons. The van der Waals surface area contributed by atoms with Crippen LogP contribution < -0.4 is 5.32 Å². The van der Waals surface area contributed by atoms with Crippen molar-refractivity contribution in [2.75, 3.05) is 5.75 Å². The Morgan fingerprint density at radius 3 is 2.54 bits per heavy atom. The zero-order valence-electron chi connectivity index (χ0n) is 13.7. The molecule has 0 amide bonds. The lowest BCUT2D eigenvalue weighted by Gasteiger charge is -2.44. The summed E-state index contributed by atoms with van der Waals surface area (Å²) in [6.45, 7) is 4.74. The number of amidine groups is 1. The van der Waals surface area contributed by atoms with E-state index in [0.717, 1.165) is 18.2 Å². The van der Waals surface area contributed by atoms with Crippen molar-refractivity contribution in [2.24, 2.45) is 0 Å². The van der Waals surface area contributed by atoms with E-state index in [9.17, 15) is 22.9 Å².